The molecule has 2 amide bonds. The van der Waals surface area contributed by atoms with Crippen molar-refractivity contribution < 1.29 is 23.4 Å². The molecule has 1 fully saturated rings. The number of nitrogens with one attached hydrogen (secondary N) is 2. The SMILES string of the molecule is COc1ccc(C2CN(CC(F)(F)CO)CCC2NC(=O)Nc2ccc(Cl)cc2)nc1. The van der Waals surface area contributed by atoms with Crippen molar-refractivity contribution in [1.29, 1.82) is 0 Å². The molecule has 1 saturated heterocycles. The van der Waals surface area contributed by atoms with Gasteiger partial charge in [-0.25, -0.2) is 13.6 Å². The second-order valence-electron chi connectivity index (χ2n) is 7.48. The fourth-order valence-electron chi connectivity index (χ4n) is 3.61. The summed E-state index contributed by atoms with van der Waals surface area (Å²) in [5.41, 5.74) is 1.25. The Kier molecular flexibility index (Phi) is 7.64. The monoisotopic (exact) mass is 454 g/mol. The van der Waals surface area contributed by atoms with Gasteiger partial charge >= 0.3 is 6.03 Å². The number of pyridine rings is 1. The average molecular weight is 455 g/mol. The number of rotatable bonds is 7. The molecule has 3 rings (SSSR count). The largest absolute Gasteiger partial charge is 0.495 e. The molecule has 0 bridgehead atoms. The number of benzene rings is 1. The third-order valence-electron chi connectivity index (χ3n) is 5.18. The Morgan fingerprint density at radius 2 is 2.06 bits per heavy atom. The first-order valence-corrected chi connectivity index (χ1v) is 10.2. The van der Waals surface area contributed by atoms with Crippen LogP contribution in [0.3, 0.4) is 0 Å². The second kappa shape index (κ2) is 10.2. The molecule has 7 nitrogen and oxygen atoms in total. The van der Waals surface area contributed by atoms with Gasteiger partial charge < -0.3 is 20.5 Å². The molecule has 10 heteroatoms. The number of aromatic nitrogens is 1. The summed E-state index contributed by atoms with van der Waals surface area (Å²) in [6.07, 6.45) is 2.01. The molecule has 31 heavy (non-hydrogen) atoms. The predicted octanol–water partition coefficient (Wildman–Crippen LogP) is 3.35. The van der Waals surface area contributed by atoms with Crippen LogP contribution >= 0.6 is 11.6 Å². The van der Waals surface area contributed by atoms with E-state index in [1.54, 1.807) is 47.5 Å². The number of amides is 2. The maximum absolute atomic E-state index is 13.7. The fourth-order valence-corrected chi connectivity index (χ4v) is 3.74. The summed E-state index contributed by atoms with van der Waals surface area (Å²) in [5, 5.41) is 15.2. The van der Waals surface area contributed by atoms with Gasteiger partial charge in [-0.2, -0.15) is 0 Å². The van der Waals surface area contributed by atoms with E-state index in [-0.39, 0.29) is 18.5 Å². The van der Waals surface area contributed by atoms with Crippen molar-refractivity contribution in [3.63, 3.8) is 0 Å². The Balaban J connectivity index is 1.73. The third kappa shape index (κ3) is 6.49. The number of aliphatic hydroxyl groups excluding tert-OH is 1. The van der Waals surface area contributed by atoms with Crippen LogP contribution in [-0.2, 0) is 0 Å². The first kappa shape index (κ1) is 23.2. The van der Waals surface area contributed by atoms with Crippen molar-refractivity contribution in [2.75, 3.05) is 38.7 Å². The first-order chi connectivity index (χ1) is 14.8. The number of piperidine rings is 1. The molecule has 1 aliphatic rings. The third-order valence-corrected chi connectivity index (χ3v) is 5.43. The number of anilines is 1. The molecule has 2 atom stereocenters. The van der Waals surface area contributed by atoms with E-state index in [4.69, 9.17) is 21.4 Å². The summed E-state index contributed by atoms with van der Waals surface area (Å²) in [6, 6.07) is 9.50. The zero-order valence-corrected chi connectivity index (χ0v) is 17.8. The van der Waals surface area contributed by atoms with Crippen LogP contribution in [0.25, 0.3) is 0 Å². The quantitative estimate of drug-likeness (QED) is 0.597. The van der Waals surface area contributed by atoms with Gasteiger partial charge in [0, 0.05) is 41.5 Å². The normalized spacial score (nSPS) is 19.6. The molecular formula is C21H25ClF2N4O3. The van der Waals surface area contributed by atoms with Crippen molar-refractivity contribution >= 4 is 23.3 Å². The van der Waals surface area contributed by atoms with Crippen molar-refractivity contribution in [1.82, 2.24) is 15.2 Å². The van der Waals surface area contributed by atoms with E-state index >= 15 is 0 Å². The summed E-state index contributed by atoms with van der Waals surface area (Å²) >= 11 is 5.86. The Hall–Kier alpha value is -2.49. The molecule has 1 aliphatic heterocycles. The van der Waals surface area contributed by atoms with Gasteiger partial charge in [0.05, 0.1) is 19.9 Å². The van der Waals surface area contributed by atoms with Crippen molar-refractivity contribution in [3.8, 4) is 5.75 Å². The van der Waals surface area contributed by atoms with E-state index in [2.05, 4.69) is 15.6 Å². The number of nitrogens with zero attached hydrogens (tertiary/aromatic N) is 2. The highest BCUT2D eigenvalue weighted by Crippen LogP contribution is 2.29. The maximum atomic E-state index is 13.7. The highest BCUT2D eigenvalue weighted by Gasteiger charge is 2.37. The summed E-state index contributed by atoms with van der Waals surface area (Å²) < 4.78 is 32.6. The molecule has 1 aromatic carbocycles. The Bertz CT molecular complexity index is 868. The van der Waals surface area contributed by atoms with Gasteiger partial charge in [0.25, 0.3) is 5.92 Å². The van der Waals surface area contributed by atoms with Crippen LogP contribution in [0.15, 0.2) is 42.6 Å². The van der Waals surface area contributed by atoms with Crippen LogP contribution in [0, 0.1) is 0 Å². The fraction of sp³-hybridized carbons (Fsp3) is 0.429. The number of ether oxygens (including phenoxy) is 1. The smallest absolute Gasteiger partial charge is 0.319 e. The Morgan fingerprint density at radius 1 is 1.32 bits per heavy atom. The summed E-state index contributed by atoms with van der Waals surface area (Å²) in [4.78, 5) is 18.5. The zero-order valence-electron chi connectivity index (χ0n) is 17.0. The molecule has 3 N–H and O–H groups in total. The van der Waals surface area contributed by atoms with E-state index in [1.165, 1.54) is 7.11 Å². The van der Waals surface area contributed by atoms with Gasteiger partial charge in [-0.1, -0.05) is 11.6 Å². The van der Waals surface area contributed by atoms with Crippen molar-refractivity contribution in [3.05, 3.63) is 53.3 Å². The minimum atomic E-state index is -3.19. The highest BCUT2D eigenvalue weighted by atomic mass is 35.5. The van der Waals surface area contributed by atoms with Gasteiger partial charge in [-0.05, 0) is 42.8 Å². The molecule has 2 unspecified atom stereocenters. The average Bonchev–Trinajstić information content (AvgIpc) is 2.76. The number of carbonyl (C=O) groups excluding carboxylic acids is 1. The van der Waals surface area contributed by atoms with E-state index in [9.17, 15) is 13.6 Å². The first-order valence-electron chi connectivity index (χ1n) is 9.84. The van der Waals surface area contributed by atoms with Crippen LogP contribution in [0.4, 0.5) is 19.3 Å². The maximum Gasteiger partial charge on any atom is 0.319 e. The van der Waals surface area contributed by atoms with Gasteiger partial charge in [0.1, 0.15) is 12.4 Å². The standard InChI is InChI=1S/C21H25ClF2N4O3/c1-31-16-6-7-18(25-10-16)17-11-28(12-21(23,24)13-29)9-8-19(17)27-20(30)26-15-4-2-14(22)3-5-15/h2-7,10,17,19,29H,8-9,11-13H2,1H3,(H2,26,27,30). The van der Waals surface area contributed by atoms with E-state index < -0.39 is 25.1 Å². The number of urea groups is 1. The van der Waals surface area contributed by atoms with Crippen LogP contribution in [0.2, 0.25) is 5.02 Å². The number of hydrogen-bond donors (Lipinski definition) is 3. The minimum absolute atomic E-state index is 0.265. The second-order valence-corrected chi connectivity index (χ2v) is 7.92. The number of aliphatic hydroxyl groups is 1. The summed E-state index contributed by atoms with van der Waals surface area (Å²) in [5.74, 6) is -2.93. The lowest BCUT2D eigenvalue weighted by Crippen LogP contribution is -2.53. The Morgan fingerprint density at radius 3 is 2.68 bits per heavy atom. The molecule has 0 spiro atoms. The van der Waals surface area contributed by atoms with E-state index in [0.717, 1.165) is 0 Å². The highest BCUT2D eigenvalue weighted by molar-refractivity contribution is 6.30. The molecular weight excluding hydrogens is 430 g/mol. The lowest BCUT2D eigenvalue weighted by molar-refractivity contribution is -0.0774. The Labute approximate surface area is 184 Å². The van der Waals surface area contributed by atoms with Gasteiger partial charge in [-0.3, -0.25) is 9.88 Å². The van der Waals surface area contributed by atoms with Crippen molar-refractivity contribution in [2.24, 2.45) is 0 Å². The number of halogens is 3. The topological polar surface area (TPSA) is 86.7 Å². The van der Waals surface area contributed by atoms with Crippen LogP contribution in [0.1, 0.15) is 18.0 Å². The molecule has 2 aromatic rings. The van der Waals surface area contributed by atoms with Crippen LogP contribution in [0.5, 0.6) is 5.75 Å². The van der Waals surface area contributed by atoms with Gasteiger partial charge in [0.2, 0.25) is 0 Å². The molecule has 0 radical (unpaired) electrons. The number of hydrogen-bond acceptors (Lipinski definition) is 5. The lowest BCUT2D eigenvalue weighted by atomic mass is 9.88. The molecule has 1 aromatic heterocycles. The van der Waals surface area contributed by atoms with Gasteiger partial charge in [0.15, 0.2) is 0 Å². The number of carbonyl (C=O) groups is 1. The molecule has 0 saturated carbocycles. The van der Waals surface area contributed by atoms with E-state index in [1.807, 2.05) is 0 Å². The predicted molar refractivity (Wildman–Crippen MR) is 114 cm³/mol. The minimum Gasteiger partial charge on any atom is -0.495 e. The van der Waals surface area contributed by atoms with E-state index in [0.29, 0.717) is 35.1 Å². The van der Waals surface area contributed by atoms with Crippen LogP contribution in [-0.4, -0.2) is 66.3 Å². The number of alkyl halides is 2. The summed E-state index contributed by atoms with van der Waals surface area (Å²) in [6.45, 7) is -1.14. The molecule has 0 aliphatic carbocycles. The van der Waals surface area contributed by atoms with Gasteiger partial charge in [-0.15, -0.1) is 0 Å². The zero-order chi connectivity index (χ0) is 22.4. The molecule has 168 valence electrons. The lowest BCUT2D eigenvalue weighted by Gasteiger charge is -2.39. The number of methoxy groups -OCH3 is 1. The molecule has 2 heterocycles. The van der Waals surface area contributed by atoms with Crippen LogP contribution < -0.4 is 15.4 Å². The number of likely N-dealkylation sites (tertiary alicyclic amines) is 1. The van der Waals surface area contributed by atoms with Crippen molar-refractivity contribution in [2.45, 2.75) is 24.3 Å². The summed E-state index contributed by atoms with van der Waals surface area (Å²) in [7, 11) is 1.53.